The van der Waals surface area contributed by atoms with Crippen LogP contribution in [0.15, 0.2) is 22.8 Å². The molecule has 2 N–H and O–H groups in total. The van der Waals surface area contributed by atoms with Crippen molar-refractivity contribution in [2.24, 2.45) is 0 Å². The van der Waals surface area contributed by atoms with Gasteiger partial charge >= 0.3 is 0 Å². The number of rotatable bonds is 6. The first-order valence-corrected chi connectivity index (χ1v) is 7.05. The second kappa shape index (κ2) is 6.91. The van der Waals surface area contributed by atoms with Crippen LogP contribution in [0.3, 0.4) is 0 Å². The van der Waals surface area contributed by atoms with E-state index in [9.17, 15) is 13.9 Å². The van der Waals surface area contributed by atoms with E-state index in [0.717, 1.165) is 23.9 Å². The molecule has 0 radical (unpaired) electrons. The summed E-state index contributed by atoms with van der Waals surface area (Å²) in [7, 11) is 0. The number of nitrogens with one attached hydrogen (secondary N) is 1. The number of ether oxygens (including phenoxy) is 1. The van der Waals surface area contributed by atoms with Crippen molar-refractivity contribution in [1.29, 1.82) is 0 Å². The Morgan fingerprint density at radius 1 is 1.45 bits per heavy atom. The Morgan fingerprint density at radius 2 is 2.25 bits per heavy atom. The second-order valence-corrected chi connectivity index (χ2v) is 5.25. The van der Waals surface area contributed by atoms with Crippen LogP contribution in [-0.4, -0.2) is 33.1 Å². The van der Waals surface area contributed by atoms with Gasteiger partial charge in [0, 0.05) is 17.1 Å². The summed E-state index contributed by atoms with van der Waals surface area (Å²) < 4.78 is 39.4. The fourth-order valence-electron chi connectivity index (χ4n) is 1.39. The Bertz CT molecular complexity index is 548. The third-order valence-electron chi connectivity index (χ3n) is 2.29. The van der Waals surface area contributed by atoms with Gasteiger partial charge in [-0.2, -0.15) is 4.37 Å². The van der Waals surface area contributed by atoms with Crippen LogP contribution in [0.25, 0.3) is 0 Å². The Kier molecular flexibility index (Phi) is 5.21. The fourth-order valence-corrected chi connectivity index (χ4v) is 2.30. The molecule has 1 aromatic carbocycles. The van der Waals surface area contributed by atoms with E-state index in [4.69, 9.17) is 4.74 Å². The minimum absolute atomic E-state index is 0.0150. The predicted molar refractivity (Wildman–Crippen MR) is 74.0 cm³/mol. The molecule has 1 atom stereocenters. The lowest BCUT2D eigenvalue weighted by Crippen LogP contribution is -2.26. The largest absolute Gasteiger partial charge is 0.473 e. The average molecular weight is 366 g/mol. The quantitative estimate of drug-likeness (QED) is 0.822. The van der Waals surface area contributed by atoms with Crippen LogP contribution in [0, 0.1) is 11.6 Å². The highest BCUT2D eigenvalue weighted by Crippen LogP contribution is 2.26. The van der Waals surface area contributed by atoms with Gasteiger partial charge in [-0.1, -0.05) is 0 Å². The zero-order chi connectivity index (χ0) is 14.5. The Morgan fingerprint density at radius 3 is 2.90 bits per heavy atom. The van der Waals surface area contributed by atoms with Gasteiger partial charge in [-0.05, 0) is 22.0 Å². The summed E-state index contributed by atoms with van der Waals surface area (Å²) in [4.78, 5) is 0. The van der Waals surface area contributed by atoms with Crippen molar-refractivity contribution >= 4 is 33.3 Å². The number of anilines is 1. The molecule has 0 bridgehead atoms. The molecule has 1 heterocycles. The highest BCUT2D eigenvalue weighted by Gasteiger charge is 2.12. The molecule has 9 heteroatoms. The summed E-state index contributed by atoms with van der Waals surface area (Å²) in [6.45, 7) is 0.0254. The molecule has 1 unspecified atom stereocenters. The van der Waals surface area contributed by atoms with Gasteiger partial charge in [0.05, 0.1) is 17.4 Å². The minimum atomic E-state index is -0.881. The second-order valence-electron chi connectivity index (χ2n) is 3.84. The van der Waals surface area contributed by atoms with Gasteiger partial charge in [0.2, 0.25) is 5.88 Å². The molecular formula is C11H10BrF2N3O2S. The van der Waals surface area contributed by atoms with Gasteiger partial charge in [0.25, 0.3) is 0 Å². The third kappa shape index (κ3) is 4.09. The van der Waals surface area contributed by atoms with Crippen molar-refractivity contribution in [2.45, 2.75) is 6.10 Å². The van der Waals surface area contributed by atoms with Crippen LogP contribution in [0.1, 0.15) is 0 Å². The third-order valence-corrected chi connectivity index (χ3v) is 3.37. The van der Waals surface area contributed by atoms with Crippen LogP contribution < -0.4 is 10.1 Å². The smallest absolute Gasteiger partial charge is 0.245 e. The maximum atomic E-state index is 13.5. The van der Waals surface area contributed by atoms with Crippen molar-refractivity contribution < 1.29 is 18.6 Å². The standard InChI is InChI=1S/C11H10BrF2N3O2S/c12-8-1-6(13)2-9(14)11(8)15-3-7(18)5-19-10-4-16-20-17-10/h1-2,4,7,15,18H,3,5H2. The highest BCUT2D eigenvalue weighted by atomic mass is 79.9. The summed E-state index contributed by atoms with van der Waals surface area (Å²) in [6, 6.07) is 1.90. The zero-order valence-corrected chi connectivity index (χ0v) is 12.4. The molecule has 0 saturated heterocycles. The molecule has 2 aromatic rings. The normalized spacial score (nSPS) is 12.2. The number of halogens is 3. The predicted octanol–water partition coefficient (Wildman–Crippen LogP) is 2.43. The number of aromatic nitrogens is 2. The Hall–Kier alpha value is -1.32. The van der Waals surface area contributed by atoms with E-state index in [-0.39, 0.29) is 23.3 Å². The number of aliphatic hydroxyl groups is 1. The van der Waals surface area contributed by atoms with E-state index < -0.39 is 17.7 Å². The summed E-state index contributed by atoms with van der Waals surface area (Å²) in [5, 5.41) is 12.4. The number of hydrogen-bond donors (Lipinski definition) is 2. The molecule has 1 aromatic heterocycles. The average Bonchev–Trinajstić information content (AvgIpc) is 2.88. The lowest BCUT2D eigenvalue weighted by molar-refractivity contribution is 0.115. The molecule has 20 heavy (non-hydrogen) atoms. The highest BCUT2D eigenvalue weighted by molar-refractivity contribution is 9.10. The topological polar surface area (TPSA) is 67.3 Å². The number of hydrogen-bond acceptors (Lipinski definition) is 6. The van der Waals surface area contributed by atoms with Gasteiger partial charge in [-0.15, -0.1) is 4.37 Å². The summed E-state index contributed by atoms with van der Waals surface area (Å²) >= 11 is 4.04. The van der Waals surface area contributed by atoms with Gasteiger partial charge < -0.3 is 15.2 Å². The maximum Gasteiger partial charge on any atom is 0.245 e. The first-order chi connectivity index (χ1) is 9.56. The lowest BCUT2D eigenvalue weighted by atomic mass is 10.2. The maximum absolute atomic E-state index is 13.5. The van der Waals surface area contributed by atoms with Gasteiger partial charge in [0.1, 0.15) is 30.5 Å². The van der Waals surface area contributed by atoms with Crippen LogP contribution in [0.2, 0.25) is 0 Å². The van der Waals surface area contributed by atoms with Crippen molar-refractivity contribution in [3.8, 4) is 5.88 Å². The Labute approximate surface area is 126 Å². The molecular weight excluding hydrogens is 356 g/mol. The molecule has 0 aliphatic heterocycles. The van der Waals surface area contributed by atoms with Crippen molar-refractivity contribution in [3.05, 3.63) is 34.4 Å². The molecule has 0 fully saturated rings. The monoisotopic (exact) mass is 365 g/mol. The Balaban J connectivity index is 1.85. The van der Waals surface area contributed by atoms with Crippen LogP contribution in [-0.2, 0) is 0 Å². The molecule has 5 nitrogen and oxygen atoms in total. The van der Waals surface area contributed by atoms with E-state index in [0.29, 0.717) is 5.88 Å². The number of aliphatic hydroxyl groups excluding tert-OH is 1. The van der Waals surface area contributed by atoms with E-state index in [2.05, 4.69) is 30.0 Å². The molecule has 0 aliphatic carbocycles. The zero-order valence-electron chi connectivity index (χ0n) is 10.0. The molecule has 0 aliphatic rings. The van der Waals surface area contributed by atoms with E-state index in [1.54, 1.807) is 0 Å². The van der Waals surface area contributed by atoms with E-state index in [1.807, 2.05) is 0 Å². The van der Waals surface area contributed by atoms with Crippen molar-refractivity contribution in [1.82, 2.24) is 8.75 Å². The first-order valence-electron chi connectivity index (χ1n) is 5.53. The van der Waals surface area contributed by atoms with Gasteiger partial charge in [0.15, 0.2) is 0 Å². The molecule has 108 valence electrons. The molecule has 0 spiro atoms. The van der Waals surface area contributed by atoms with Gasteiger partial charge in [-0.3, -0.25) is 0 Å². The van der Waals surface area contributed by atoms with Crippen LogP contribution in [0.4, 0.5) is 14.5 Å². The van der Waals surface area contributed by atoms with Crippen LogP contribution >= 0.6 is 27.7 Å². The van der Waals surface area contributed by atoms with Crippen molar-refractivity contribution in [2.75, 3.05) is 18.5 Å². The summed E-state index contributed by atoms with van der Waals surface area (Å²) in [6.07, 6.45) is 0.550. The minimum Gasteiger partial charge on any atom is -0.473 e. The molecule has 0 amide bonds. The van der Waals surface area contributed by atoms with E-state index >= 15 is 0 Å². The van der Waals surface area contributed by atoms with Crippen molar-refractivity contribution in [3.63, 3.8) is 0 Å². The molecule has 0 saturated carbocycles. The van der Waals surface area contributed by atoms with Gasteiger partial charge in [-0.25, -0.2) is 8.78 Å². The first kappa shape index (κ1) is 15.1. The lowest BCUT2D eigenvalue weighted by Gasteiger charge is -2.14. The summed E-state index contributed by atoms with van der Waals surface area (Å²) in [5.41, 5.74) is 0.0841. The SMILES string of the molecule is OC(CNc1c(F)cc(F)cc1Br)COc1cnsn1. The van der Waals surface area contributed by atoms with E-state index in [1.165, 1.54) is 6.20 Å². The van der Waals surface area contributed by atoms with Crippen LogP contribution in [0.5, 0.6) is 5.88 Å². The summed E-state index contributed by atoms with van der Waals surface area (Å²) in [5.74, 6) is -1.10. The number of nitrogens with zero attached hydrogens (tertiary/aromatic N) is 2. The molecule has 2 rings (SSSR count). The number of benzene rings is 1. The fraction of sp³-hybridized carbons (Fsp3) is 0.273.